The molecule has 0 aliphatic rings. The first-order valence-corrected chi connectivity index (χ1v) is 11.1. The highest BCUT2D eigenvalue weighted by Crippen LogP contribution is 2.45. The van der Waals surface area contributed by atoms with E-state index >= 15 is 0 Å². The van der Waals surface area contributed by atoms with E-state index in [1.54, 1.807) is 0 Å². The Labute approximate surface area is 195 Å². The average molecular weight is 431 g/mol. The Bertz CT molecular complexity index is 1220. The lowest BCUT2D eigenvalue weighted by Gasteiger charge is -2.44. The lowest BCUT2D eigenvalue weighted by Crippen LogP contribution is -2.48. The van der Waals surface area contributed by atoms with Gasteiger partial charge in [-0.05, 0) is 23.3 Å². The van der Waals surface area contributed by atoms with Crippen molar-refractivity contribution in [3.05, 3.63) is 138 Å². The van der Waals surface area contributed by atoms with Gasteiger partial charge >= 0.3 is 0 Å². The summed E-state index contributed by atoms with van der Waals surface area (Å²) >= 11 is 0. The largest absolute Gasteiger partial charge is 0.352 e. The number of rotatable bonds is 8. The summed E-state index contributed by atoms with van der Waals surface area (Å²) in [5, 5.41) is 10.9. The second-order valence-electron chi connectivity index (χ2n) is 8.10. The fraction of sp³-hybridized carbons (Fsp3) is 0.133. The molecule has 0 heterocycles. The highest BCUT2D eigenvalue weighted by atomic mass is 16.1. The topological polar surface area (TPSA) is 44.1 Å². The van der Waals surface area contributed by atoms with Gasteiger partial charge in [-0.2, -0.15) is 5.26 Å². The quantitative estimate of drug-likeness (QED) is 0.296. The van der Waals surface area contributed by atoms with Gasteiger partial charge in [-0.15, -0.1) is 0 Å². The van der Waals surface area contributed by atoms with Crippen molar-refractivity contribution in [2.45, 2.75) is 17.9 Å². The maximum Gasteiger partial charge on any atom is 0.163 e. The zero-order valence-electron chi connectivity index (χ0n) is 18.6. The van der Waals surface area contributed by atoms with Crippen LogP contribution in [-0.2, 0) is 5.54 Å². The molecule has 2 atom stereocenters. The van der Waals surface area contributed by atoms with Crippen LogP contribution in [0.1, 0.15) is 33.8 Å². The molecule has 4 aromatic carbocycles. The van der Waals surface area contributed by atoms with Crippen LogP contribution in [0.2, 0.25) is 0 Å². The molecule has 162 valence electrons. The van der Waals surface area contributed by atoms with E-state index < -0.39 is 11.5 Å². The standard InChI is InChI=1S/C30H26N2O/c1-32(27-20-12-5-13-21-27)30(23-31,26-18-10-4-11-19-26)28(24-14-6-2-7-15-24)22-29(33)25-16-8-3-9-17-25/h2-21,28H,22H2,1H3. The number of hydrogen-bond donors (Lipinski definition) is 0. The van der Waals surface area contributed by atoms with E-state index in [1.807, 2.05) is 133 Å². The zero-order chi connectivity index (χ0) is 23.1. The van der Waals surface area contributed by atoms with Crippen molar-refractivity contribution in [2.24, 2.45) is 0 Å². The molecule has 0 saturated heterocycles. The van der Waals surface area contributed by atoms with E-state index in [0.717, 1.165) is 16.8 Å². The Morgan fingerprint density at radius 1 is 0.788 bits per heavy atom. The van der Waals surface area contributed by atoms with Gasteiger partial charge in [-0.25, -0.2) is 0 Å². The van der Waals surface area contributed by atoms with Crippen molar-refractivity contribution in [1.29, 1.82) is 5.26 Å². The Balaban J connectivity index is 1.92. The van der Waals surface area contributed by atoms with E-state index in [9.17, 15) is 10.1 Å². The normalized spacial score (nSPS) is 13.3. The Morgan fingerprint density at radius 2 is 1.27 bits per heavy atom. The molecule has 0 aromatic heterocycles. The van der Waals surface area contributed by atoms with Crippen molar-refractivity contribution in [3.63, 3.8) is 0 Å². The number of carbonyl (C=O) groups excluding carboxylic acids is 1. The molecule has 0 fully saturated rings. The summed E-state index contributed by atoms with van der Waals surface area (Å²) in [6.45, 7) is 0. The summed E-state index contributed by atoms with van der Waals surface area (Å²) < 4.78 is 0. The zero-order valence-corrected chi connectivity index (χ0v) is 18.6. The predicted octanol–water partition coefficient (Wildman–Crippen LogP) is 6.60. The molecule has 0 radical (unpaired) electrons. The van der Waals surface area contributed by atoms with Crippen LogP contribution in [0, 0.1) is 11.3 Å². The fourth-order valence-electron chi connectivity index (χ4n) is 4.51. The molecule has 4 aromatic rings. The molecule has 3 nitrogen and oxygen atoms in total. The van der Waals surface area contributed by atoms with Crippen LogP contribution in [-0.4, -0.2) is 12.8 Å². The number of benzene rings is 4. The summed E-state index contributed by atoms with van der Waals surface area (Å²) in [5.74, 6) is -0.384. The van der Waals surface area contributed by atoms with Gasteiger partial charge in [0.1, 0.15) is 0 Å². The van der Waals surface area contributed by atoms with Gasteiger partial charge in [0.15, 0.2) is 11.3 Å². The van der Waals surface area contributed by atoms with Gasteiger partial charge in [0, 0.05) is 30.6 Å². The second kappa shape index (κ2) is 9.97. The first kappa shape index (κ1) is 22.0. The van der Waals surface area contributed by atoms with E-state index in [-0.39, 0.29) is 12.2 Å². The van der Waals surface area contributed by atoms with Crippen molar-refractivity contribution in [2.75, 3.05) is 11.9 Å². The molecule has 2 unspecified atom stereocenters. The first-order chi connectivity index (χ1) is 16.2. The van der Waals surface area contributed by atoms with Crippen LogP contribution < -0.4 is 4.90 Å². The minimum Gasteiger partial charge on any atom is -0.352 e. The Kier molecular flexibility index (Phi) is 6.66. The summed E-state index contributed by atoms with van der Waals surface area (Å²) in [6.07, 6.45) is 0.202. The third kappa shape index (κ3) is 4.42. The SMILES string of the molecule is CN(c1ccccc1)C(C#N)(c1ccccc1)C(CC(=O)c1ccccc1)c1ccccc1. The molecule has 0 aliphatic heterocycles. The first-order valence-electron chi connectivity index (χ1n) is 11.1. The number of nitrogens with zero attached hydrogens (tertiary/aromatic N) is 2. The Morgan fingerprint density at radius 3 is 1.82 bits per heavy atom. The molecular weight excluding hydrogens is 404 g/mol. The number of hydrogen-bond acceptors (Lipinski definition) is 3. The van der Waals surface area contributed by atoms with Crippen molar-refractivity contribution in [3.8, 4) is 6.07 Å². The van der Waals surface area contributed by atoms with E-state index in [0.29, 0.717) is 5.56 Å². The maximum atomic E-state index is 13.5. The molecule has 3 heteroatoms. The van der Waals surface area contributed by atoms with Crippen LogP contribution >= 0.6 is 0 Å². The van der Waals surface area contributed by atoms with Crippen LogP contribution in [0.4, 0.5) is 5.69 Å². The molecule has 33 heavy (non-hydrogen) atoms. The summed E-state index contributed by atoms with van der Waals surface area (Å²) in [5.41, 5.74) is 2.27. The van der Waals surface area contributed by atoms with Gasteiger partial charge in [-0.3, -0.25) is 4.79 Å². The van der Waals surface area contributed by atoms with Crippen molar-refractivity contribution < 1.29 is 4.79 Å². The number of para-hydroxylation sites is 1. The third-order valence-corrected chi connectivity index (χ3v) is 6.25. The minimum absolute atomic E-state index is 0.0153. The maximum absolute atomic E-state index is 13.5. The van der Waals surface area contributed by atoms with E-state index in [4.69, 9.17) is 0 Å². The summed E-state index contributed by atoms with van der Waals surface area (Å²) in [4.78, 5) is 15.5. The molecular formula is C30H26N2O. The highest BCUT2D eigenvalue weighted by Gasteiger charge is 2.46. The van der Waals surface area contributed by atoms with Crippen LogP contribution in [0.25, 0.3) is 0 Å². The second-order valence-corrected chi connectivity index (χ2v) is 8.10. The van der Waals surface area contributed by atoms with E-state index in [2.05, 4.69) is 6.07 Å². The predicted molar refractivity (Wildman–Crippen MR) is 133 cm³/mol. The van der Waals surface area contributed by atoms with Crippen molar-refractivity contribution >= 4 is 11.5 Å². The monoisotopic (exact) mass is 430 g/mol. The van der Waals surface area contributed by atoms with Gasteiger partial charge < -0.3 is 4.90 Å². The fourth-order valence-corrected chi connectivity index (χ4v) is 4.51. The van der Waals surface area contributed by atoms with Crippen LogP contribution in [0.3, 0.4) is 0 Å². The van der Waals surface area contributed by atoms with Crippen LogP contribution in [0.15, 0.2) is 121 Å². The van der Waals surface area contributed by atoms with Gasteiger partial charge in [0.25, 0.3) is 0 Å². The average Bonchev–Trinajstić information content (AvgIpc) is 2.90. The van der Waals surface area contributed by atoms with Crippen LogP contribution in [0.5, 0.6) is 0 Å². The van der Waals surface area contributed by atoms with Gasteiger partial charge in [-0.1, -0.05) is 109 Å². The number of likely N-dealkylation sites (N-methyl/N-ethyl adjacent to an activating group) is 1. The van der Waals surface area contributed by atoms with E-state index in [1.165, 1.54) is 0 Å². The third-order valence-electron chi connectivity index (χ3n) is 6.25. The lowest BCUT2D eigenvalue weighted by atomic mass is 9.71. The molecule has 0 N–H and O–H groups in total. The number of ketones is 1. The molecule has 0 bridgehead atoms. The Hall–Kier alpha value is -4.16. The summed E-state index contributed by atoms with van der Waals surface area (Å²) in [6, 6.07) is 41.5. The number of carbonyl (C=O) groups is 1. The lowest BCUT2D eigenvalue weighted by molar-refractivity contribution is 0.0963. The van der Waals surface area contributed by atoms with Gasteiger partial charge in [0.05, 0.1) is 6.07 Å². The minimum atomic E-state index is -1.10. The number of anilines is 1. The molecule has 0 saturated carbocycles. The molecule has 4 rings (SSSR count). The smallest absolute Gasteiger partial charge is 0.163 e. The van der Waals surface area contributed by atoms with Crippen molar-refractivity contribution in [1.82, 2.24) is 0 Å². The number of nitriles is 1. The number of Topliss-reactive ketones (excluding diaryl/α,β-unsaturated/α-hetero) is 1. The molecule has 0 amide bonds. The molecule has 0 spiro atoms. The highest BCUT2D eigenvalue weighted by molar-refractivity contribution is 5.96. The van der Waals surface area contributed by atoms with Gasteiger partial charge in [0.2, 0.25) is 0 Å². The molecule has 0 aliphatic carbocycles. The summed E-state index contributed by atoms with van der Waals surface area (Å²) in [7, 11) is 1.94.